The van der Waals surface area contributed by atoms with Gasteiger partial charge in [0.15, 0.2) is 0 Å². The molecule has 148 valence electrons. The maximum atomic E-state index is 12.4. The molecule has 2 aromatic rings. The summed E-state index contributed by atoms with van der Waals surface area (Å²) in [6.45, 7) is 4.53. The molecular weight excluding hydrogens is 348 g/mol. The fourth-order valence-corrected chi connectivity index (χ4v) is 4.38. The number of rotatable bonds is 7. The average molecular weight is 379 g/mol. The normalized spacial score (nSPS) is 26.6. The highest BCUT2D eigenvalue weighted by Gasteiger charge is 2.37. The largest absolute Gasteiger partial charge is 0.376 e. The van der Waals surface area contributed by atoms with Gasteiger partial charge in [0.05, 0.1) is 6.10 Å². The molecule has 0 aromatic heterocycles. The summed E-state index contributed by atoms with van der Waals surface area (Å²) >= 11 is 0. The molecule has 0 unspecified atom stereocenters. The Morgan fingerprint density at radius 1 is 1.14 bits per heavy atom. The number of benzene rings is 2. The van der Waals surface area contributed by atoms with E-state index in [0.717, 1.165) is 37.1 Å². The second-order valence-corrected chi connectivity index (χ2v) is 8.14. The second-order valence-electron chi connectivity index (χ2n) is 8.14. The Bertz CT molecular complexity index is 786. The number of carbonyl (C=O) groups excluding carboxylic acids is 1. The molecule has 4 nitrogen and oxygen atoms in total. The van der Waals surface area contributed by atoms with E-state index in [4.69, 9.17) is 4.74 Å². The first-order valence-electron chi connectivity index (χ1n) is 10.5. The van der Waals surface area contributed by atoms with Crippen molar-refractivity contribution < 1.29 is 9.53 Å². The van der Waals surface area contributed by atoms with E-state index in [9.17, 15) is 4.79 Å². The quantitative estimate of drug-likeness (QED) is 0.769. The van der Waals surface area contributed by atoms with Gasteiger partial charge in [-0.15, -0.1) is 0 Å². The molecule has 4 heteroatoms. The molecule has 2 aromatic carbocycles. The van der Waals surface area contributed by atoms with E-state index in [0.29, 0.717) is 24.4 Å². The van der Waals surface area contributed by atoms with Gasteiger partial charge in [0, 0.05) is 31.3 Å². The van der Waals surface area contributed by atoms with Crippen molar-refractivity contribution in [2.45, 2.75) is 50.8 Å². The van der Waals surface area contributed by atoms with Crippen LogP contribution in [0.2, 0.25) is 0 Å². The summed E-state index contributed by atoms with van der Waals surface area (Å²) in [6, 6.07) is 19.2. The first kappa shape index (κ1) is 19.2. The van der Waals surface area contributed by atoms with Gasteiger partial charge >= 0.3 is 0 Å². The van der Waals surface area contributed by atoms with Crippen LogP contribution in [0.15, 0.2) is 54.6 Å². The van der Waals surface area contributed by atoms with Crippen LogP contribution in [-0.2, 0) is 11.3 Å². The predicted molar refractivity (Wildman–Crippen MR) is 111 cm³/mol. The van der Waals surface area contributed by atoms with Gasteiger partial charge in [0.1, 0.15) is 0 Å². The molecule has 1 aliphatic heterocycles. The monoisotopic (exact) mass is 378 g/mol. The number of amides is 1. The highest BCUT2D eigenvalue weighted by atomic mass is 16.5. The molecule has 0 spiro atoms. The Balaban J connectivity index is 1.26. The molecule has 1 heterocycles. The van der Waals surface area contributed by atoms with E-state index in [1.165, 1.54) is 12.0 Å². The number of ether oxygens (including phenoxy) is 1. The lowest BCUT2D eigenvalue weighted by molar-refractivity contribution is 0.0857. The molecule has 4 atom stereocenters. The summed E-state index contributed by atoms with van der Waals surface area (Å²) in [6.07, 6.45) is 3.47. The zero-order valence-electron chi connectivity index (χ0n) is 16.6. The minimum absolute atomic E-state index is 0.0153. The standard InChI is InChI=1S/C24H30N2O2/c1-17-22(19-8-3-2-4-9-19)14-23(17)25-15-18-7-5-10-20(13-18)24(27)26-16-21-11-6-12-28-21/h2-5,7-10,13,17,21-23,25H,6,11-12,14-16H2,1H3,(H,26,27)/t17-,21+,22-,23+/m0/s1. The van der Waals surface area contributed by atoms with Gasteiger partial charge in [0.2, 0.25) is 0 Å². The van der Waals surface area contributed by atoms with E-state index < -0.39 is 0 Å². The number of hydrogen-bond donors (Lipinski definition) is 2. The highest BCUT2D eigenvalue weighted by molar-refractivity contribution is 5.94. The lowest BCUT2D eigenvalue weighted by Crippen LogP contribution is -2.47. The summed E-state index contributed by atoms with van der Waals surface area (Å²) in [7, 11) is 0. The molecule has 2 aliphatic rings. The van der Waals surface area contributed by atoms with E-state index >= 15 is 0 Å². The predicted octanol–water partition coefficient (Wildman–Crippen LogP) is 3.88. The molecule has 0 radical (unpaired) electrons. The van der Waals surface area contributed by atoms with Crippen molar-refractivity contribution in [3.05, 3.63) is 71.3 Å². The zero-order chi connectivity index (χ0) is 19.3. The molecule has 1 saturated carbocycles. The molecule has 1 saturated heterocycles. The van der Waals surface area contributed by atoms with Gasteiger partial charge in [-0.3, -0.25) is 4.79 Å². The Labute approximate surface area is 167 Å². The minimum atomic E-state index is -0.0153. The third-order valence-corrected chi connectivity index (χ3v) is 6.28. The van der Waals surface area contributed by atoms with Crippen molar-refractivity contribution in [2.24, 2.45) is 5.92 Å². The third kappa shape index (κ3) is 4.45. The van der Waals surface area contributed by atoms with Crippen LogP contribution in [0, 0.1) is 5.92 Å². The van der Waals surface area contributed by atoms with E-state index in [2.05, 4.69) is 54.0 Å². The van der Waals surface area contributed by atoms with Crippen LogP contribution in [0.25, 0.3) is 0 Å². The van der Waals surface area contributed by atoms with Gasteiger partial charge in [0.25, 0.3) is 5.91 Å². The van der Waals surface area contributed by atoms with Gasteiger partial charge < -0.3 is 15.4 Å². The molecule has 1 amide bonds. The molecule has 0 bridgehead atoms. The summed E-state index contributed by atoms with van der Waals surface area (Å²) < 4.78 is 5.57. The van der Waals surface area contributed by atoms with Gasteiger partial charge in [-0.05, 0) is 54.4 Å². The Hall–Kier alpha value is -2.17. The number of carbonyl (C=O) groups is 1. The van der Waals surface area contributed by atoms with Gasteiger partial charge in [-0.2, -0.15) is 0 Å². The number of nitrogens with one attached hydrogen (secondary N) is 2. The first-order chi connectivity index (χ1) is 13.7. The van der Waals surface area contributed by atoms with Crippen molar-refractivity contribution >= 4 is 5.91 Å². The summed E-state index contributed by atoms with van der Waals surface area (Å²) in [5, 5.41) is 6.68. The SMILES string of the molecule is C[C@H]1[C@@H](c2ccccc2)C[C@H]1NCc1cccc(C(=O)NC[C@H]2CCCO2)c1. The number of hydrogen-bond acceptors (Lipinski definition) is 3. The van der Waals surface area contributed by atoms with Crippen LogP contribution in [0.1, 0.15) is 53.6 Å². The van der Waals surface area contributed by atoms with Crippen molar-refractivity contribution in [2.75, 3.05) is 13.2 Å². The average Bonchev–Trinajstić information content (AvgIpc) is 3.25. The molecule has 4 rings (SSSR count). The smallest absolute Gasteiger partial charge is 0.251 e. The van der Waals surface area contributed by atoms with Crippen molar-refractivity contribution in [1.82, 2.24) is 10.6 Å². The van der Waals surface area contributed by atoms with E-state index in [-0.39, 0.29) is 12.0 Å². The first-order valence-corrected chi connectivity index (χ1v) is 10.5. The molecule has 2 N–H and O–H groups in total. The van der Waals surface area contributed by atoms with Crippen molar-refractivity contribution in [1.29, 1.82) is 0 Å². The molecule has 28 heavy (non-hydrogen) atoms. The van der Waals surface area contributed by atoms with Crippen LogP contribution >= 0.6 is 0 Å². The Kier molecular flexibility index (Phi) is 6.08. The van der Waals surface area contributed by atoms with Gasteiger partial charge in [-0.1, -0.05) is 49.4 Å². The van der Waals surface area contributed by atoms with Gasteiger partial charge in [-0.25, -0.2) is 0 Å². The highest BCUT2D eigenvalue weighted by Crippen LogP contribution is 2.42. The van der Waals surface area contributed by atoms with E-state index in [1.54, 1.807) is 0 Å². The summed E-state index contributed by atoms with van der Waals surface area (Å²) in [4.78, 5) is 12.4. The second kappa shape index (κ2) is 8.89. The minimum Gasteiger partial charge on any atom is -0.376 e. The summed E-state index contributed by atoms with van der Waals surface area (Å²) in [5.41, 5.74) is 3.32. The van der Waals surface area contributed by atoms with Crippen molar-refractivity contribution in [3.63, 3.8) is 0 Å². The topological polar surface area (TPSA) is 50.4 Å². The van der Waals surface area contributed by atoms with Crippen LogP contribution in [-0.4, -0.2) is 31.2 Å². The maximum absolute atomic E-state index is 12.4. The lowest BCUT2D eigenvalue weighted by Gasteiger charge is -2.44. The third-order valence-electron chi connectivity index (χ3n) is 6.28. The zero-order valence-corrected chi connectivity index (χ0v) is 16.6. The van der Waals surface area contributed by atoms with Crippen molar-refractivity contribution in [3.8, 4) is 0 Å². The van der Waals surface area contributed by atoms with Crippen LogP contribution in [0.5, 0.6) is 0 Å². The lowest BCUT2D eigenvalue weighted by atomic mass is 9.67. The van der Waals surface area contributed by atoms with Crippen LogP contribution in [0.3, 0.4) is 0 Å². The van der Waals surface area contributed by atoms with Crippen LogP contribution in [0.4, 0.5) is 0 Å². The molecular formula is C24H30N2O2. The summed E-state index contributed by atoms with van der Waals surface area (Å²) in [5.74, 6) is 1.26. The fourth-order valence-electron chi connectivity index (χ4n) is 4.38. The van der Waals surface area contributed by atoms with Crippen LogP contribution < -0.4 is 10.6 Å². The maximum Gasteiger partial charge on any atom is 0.251 e. The molecule has 2 fully saturated rings. The Morgan fingerprint density at radius 2 is 2.00 bits per heavy atom. The van der Waals surface area contributed by atoms with E-state index in [1.807, 2.05) is 18.2 Å². The fraction of sp³-hybridized carbons (Fsp3) is 0.458. The Morgan fingerprint density at radius 3 is 2.75 bits per heavy atom. The molecule has 1 aliphatic carbocycles.